The van der Waals surface area contributed by atoms with Crippen molar-refractivity contribution < 1.29 is 26.6 Å². The van der Waals surface area contributed by atoms with E-state index >= 15 is 0 Å². The molecule has 0 N–H and O–H groups in total. The lowest BCUT2D eigenvalue weighted by atomic mass is 10.1. The predicted molar refractivity (Wildman–Crippen MR) is 80.0 cm³/mol. The van der Waals surface area contributed by atoms with Crippen molar-refractivity contribution in [1.29, 1.82) is 0 Å². The second kappa shape index (κ2) is 12.8. The van der Waals surface area contributed by atoms with Crippen molar-refractivity contribution in [3.05, 3.63) is 0 Å². The number of hydrogen-bond acceptors (Lipinski definition) is 4. The first-order valence-electron chi connectivity index (χ1n) is 7.60. The first-order chi connectivity index (χ1) is 9.06. The van der Waals surface area contributed by atoms with E-state index < -0.39 is 7.82 Å². The third kappa shape index (κ3) is 36.1. The Kier molecular flexibility index (Phi) is 14.3. The van der Waals surface area contributed by atoms with E-state index in [0.29, 0.717) is 0 Å². The molecular formula is C14H34NO4P. The number of unbranched alkanes of at least 4 members (excludes halogenated alkanes) is 8. The summed E-state index contributed by atoms with van der Waals surface area (Å²) >= 11 is 0. The highest BCUT2D eigenvalue weighted by Gasteiger charge is 2.04. The Balaban J connectivity index is -0.000000201. The smallest absolute Gasteiger partial charge is 0.822 e. The molecule has 0 aliphatic rings. The fraction of sp³-hybridized carbons (Fsp3) is 1.00. The fourth-order valence-electron chi connectivity index (χ4n) is 1.90. The van der Waals surface area contributed by atoms with Crippen LogP contribution in [0.15, 0.2) is 0 Å². The van der Waals surface area contributed by atoms with Crippen LogP contribution in [0.5, 0.6) is 0 Å². The van der Waals surface area contributed by atoms with Gasteiger partial charge in [-0.1, -0.05) is 51.9 Å². The average molecular weight is 311 g/mol. The van der Waals surface area contributed by atoms with Crippen molar-refractivity contribution in [1.82, 2.24) is 0 Å². The zero-order valence-electron chi connectivity index (χ0n) is 15.6. The monoisotopic (exact) mass is 311 g/mol. The molecule has 0 saturated heterocycles. The lowest BCUT2D eigenvalue weighted by Gasteiger charge is -2.36. The molecule has 0 unspecified atom stereocenters. The zero-order chi connectivity index (χ0) is 16.1. The summed E-state index contributed by atoms with van der Waals surface area (Å²) in [4.78, 5) is 25.6. The molecular weight excluding hydrogens is 277 g/mol. The van der Waals surface area contributed by atoms with E-state index in [-0.39, 0.29) is 2.85 Å². The number of nitrogens with zero attached hydrogens (tertiary/aromatic N) is 1. The van der Waals surface area contributed by atoms with Crippen molar-refractivity contribution in [3.8, 4) is 0 Å². The topological polar surface area (TPSA) is 86.2 Å². The highest BCUT2D eigenvalue weighted by Crippen LogP contribution is 2.10. The van der Waals surface area contributed by atoms with E-state index in [1.54, 1.807) is 0 Å². The largest absolute Gasteiger partial charge is 1.00 e. The number of hydrogen-bond donors (Lipinski definition) is 0. The van der Waals surface area contributed by atoms with Gasteiger partial charge in [0.2, 0.25) is 0 Å². The maximum absolute atomic E-state index is 8.55. The molecule has 20 heavy (non-hydrogen) atoms. The molecule has 0 aromatic heterocycles. The van der Waals surface area contributed by atoms with Gasteiger partial charge in [-0.25, -0.2) is 0 Å². The maximum Gasteiger partial charge on any atom is 1.00 e. The molecule has 0 bridgehead atoms. The summed E-state index contributed by atoms with van der Waals surface area (Å²) in [7, 11) is 1.46. The molecule has 0 aliphatic heterocycles. The molecule has 0 aliphatic carbocycles. The van der Waals surface area contributed by atoms with Crippen LogP contribution < -0.4 is 14.7 Å². The Morgan fingerprint density at radius 2 is 1.10 bits per heavy atom. The summed E-state index contributed by atoms with van der Waals surface area (Å²) in [6, 6.07) is 0. The van der Waals surface area contributed by atoms with Gasteiger partial charge in [0.25, 0.3) is 0 Å². The van der Waals surface area contributed by atoms with Crippen LogP contribution >= 0.6 is 7.82 Å². The Bertz CT molecular complexity index is 249. The van der Waals surface area contributed by atoms with Crippen LogP contribution in [-0.4, -0.2) is 32.2 Å². The molecule has 0 rings (SSSR count). The Hall–Kier alpha value is 0.0700. The normalized spacial score (nSPS) is 11.9. The van der Waals surface area contributed by atoms with Crippen LogP contribution in [0.1, 0.15) is 67.6 Å². The molecule has 124 valence electrons. The van der Waals surface area contributed by atoms with Gasteiger partial charge in [-0.15, -0.1) is 0 Å². The second-order valence-corrected chi connectivity index (χ2v) is 7.18. The van der Waals surface area contributed by atoms with Crippen LogP contribution in [0.3, 0.4) is 0 Å². The van der Waals surface area contributed by atoms with Gasteiger partial charge in [-0.3, -0.25) is 0 Å². The van der Waals surface area contributed by atoms with Gasteiger partial charge >= 0.3 is 2.85 Å². The first kappa shape index (κ1) is 22.4. The van der Waals surface area contributed by atoms with E-state index in [9.17, 15) is 0 Å². The van der Waals surface area contributed by atoms with Gasteiger partial charge in [-0.05, 0) is 12.8 Å². The van der Waals surface area contributed by atoms with E-state index in [4.69, 9.17) is 19.2 Å². The molecule has 0 aromatic rings. The van der Waals surface area contributed by atoms with E-state index in [1.807, 2.05) is 0 Å². The van der Waals surface area contributed by atoms with Crippen LogP contribution in [0.2, 0.25) is 0 Å². The molecule has 0 heterocycles. The van der Waals surface area contributed by atoms with Crippen molar-refractivity contribution in [3.63, 3.8) is 0 Å². The van der Waals surface area contributed by atoms with Gasteiger partial charge < -0.3 is 23.7 Å². The Morgan fingerprint density at radius 3 is 1.40 bits per heavy atom. The summed E-state index contributed by atoms with van der Waals surface area (Å²) in [6.07, 6.45) is 12.9. The van der Waals surface area contributed by atoms with E-state index in [0.717, 1.165) is 4.48 Å². The molecule has 0 saturated carbocycles. The summed E-state index contributed by atoms with van der Waals surface area (Å²) in [5.74, 6) is 0. The molecule has 0 fully saturated rings. The molecule has 0 atom stereocenters. The Labute approximate surface area is 127 Å². The fourth-order valence-corrected chi connectivity index (χ4v) is 1.90. The Morgan fingerprint density at radius 1 is 0.800 bits per heavy atom. The second-order valence-electron chi connectivity index (χ2n) is 6.29. The summed E-state index contributed by atoms with van der Waals surface area (Å²) < 4.78 is 9.67. The highest BCUT2D eigenvalue weighted by molar-refractivity contribution is 7.40. The minimum absolute atomic E-state index is 0. The lowest BCUT2D eigenvalue weighted by Crippen LogP contribution is -2.35. The van der Waals surface area contributed by atoms with Crippen LogP contribution in [0.25, 0.3) is 0 Å². The minimum Gasteiger partial charge on any atom is -0.822 e. The summed E-state index contributed by atoms with van der Waals surface area (Å²) in [5, 5.41) is 0. The highest BCUT2D eigenvalue weighted by atomic mass is 31.2. The summed E-state index contributed by atoms with van der Waals surface area (Å²) in [5.41, 5.74) is 0. The first-order valence-corrected chi connectivity index (χ1v) is 9.06. The minimum atomic E-state index is -5.39. The number of phosphoric acid groups is 1. The van der Waals surface area contributed by atoms with Gasteiger partial charge in [-0.2, -0.15) is 7.82 Å². The van der Waals surface area contributed by atoms with Crippen LogP contribution in [-0.2, 0) is 4.57 Å². The molecule has 0 amide bonds. The molecule has 5 nitrogen and oxygen atoms in total. The van der Waals surface area contributed by atoms with Gasteiger partial charge in [0.1, 0.15) is 0 Å². The average Bonchev–Trinajstić information content (AvgIpc) is 2.23. The molecule has 0 aromatic carbocycles. The quantitative estimate of drug-likeness (QED) is 0.348. The van der Waals surface area contributed by atoms with Crippen LogP contribution in [0, 0.1) is 0 Å². The van der Waals surface area contributed by atoms with Gasteiger partial charge in [0.05, 0.1) is 27.7 Å². The SMILES string of the molecule is CCCCCCCCCCC[N+](C)(C)C.O=P([O-])([O-])[O-].[H+].[H+]. The van der Waals surface area contributed by atoms with E-state index in [1.165, 1.54) is 64.3 Å². The predicted octanol–water partition coefficient (Wildman–Crippen LogP) is 1.62. The third-order valence-electron chi connectivity index (χ3n) is 2.93. The van der Waals surface area contributed by atoms with Crippen molar-refractivity contribution >= 4 is 7.82 Å². The standard InChI is InChI=1S/C14H32N.H3O4P/c1-5-6-7-8-9-10-11-12-13-14-15(2,3)4;1-5(2,3)4/h5-14H2,1-4H3;(H3,1,2,3,4)/q+1;/p-1. The van der Waals surface area contributed by atoms with Gasteiger partial charge in [0, 0.05) is 0 Å². The van der Waals surface area contributed by atoms with Crippen molar-refractivity contribution in [2.24, 2.45) is 0 Å². The van der Waals surface area contributed by atoms with E-state index in [2.05, 4.69) is 28.1 Å². The van der Waals surface area contributed by atoms with Crippen LogP contribution in [0.4, 0.5) is 0 Å². The zero-order valence-corrected chi connectivity index (χ0v) is 14.5. The van der Waals surface area contributed by atoms with Crippen molar-refractivity contribution in [2.45, 2.75) is 64.7 Å². The summed E-state index contributed by atoms with van der Waals surface area (Å²) in [6.45, 7) is 3.61. The third-order valence-corrected chi connectivity index (χ3v) is 2.93. The molecule has 0 radical (unpaired) electrons. The number of quaternary nitrogens is 1. The van der Waals surface area contributed by atoms with Crippen molar-refractivity contribution in [2.75, 3.05) is 27.7 Å². The number of rotatable bonds is 10. The lowest BCUT2D eigenvalue weighted by molar-refractivity contribution is -0.870. The molecule has 0 spiro atoms. The van der Waals surface area contributed by atoms with Gasteiger partial charge in [0.15, 0.2) is 0 Å². The maximum atomic E-state index is 8.55. The molecule has 6 heteroatoms.